The zero-order valence-corrected chi connectivity index (χ0v) is 14.4. The molecule has 0 spiro atoms. The Morgan fingerprint density at radius 2 is 1.83 bits per heavy atom. The third-order valence-corrected chi connectivity index (χ3v) is 4.70. The number of ether oxygens (including phenoxy) is 2. The predicted molar refractivity (Wildman–Crippen MR) is 84.1 cm³/mol. The van der Waals surface area contributed by atoms with Crippen LogP contribution in [0.25, 0.3) is 0 Å². The monoisotopic (exact) mass is 360 g/mol. The van der Waals surface area contributed by atoms with Crippen LogP contribution in [0.1, 0.15) is 5.56 Å². The van der Waals surface area contributed by atoms with Crippen LogP contribution >= 0.6 is 0 Å². The van der Waals surface area contributed by atoms with E-state index < -0.39 is 33.9 Å². The summed E-state index contributed by atoms with van der Waals surface area (Å²) in [7, 11) is -0.532. The van der Waals surface area contributed by atoms with Crippen LogP contribution in [-0.2, 0) is 35.7 Å². The molecule has 0 saturated carbocycles. The second-order valence-electron chi connectivity index (χ2n) is 4.65. The number of hydrogen-bond donors (Lipinski definition) is 1. The predicted octanol–water partition coefficient (Wildman–Crippen LogP) is 0.277. The molecule has 0 aromatic heterocycles. The maximum Gasteiger partial charge on any atom is 0.408 e. The number of sulfonamides is 1. The number of rotatable bonds is 8. The first-order chi connectivity index (χ1) is 11.3. The molecule has 0 saturated heterocycles. The molecule has 0 aliphatic carbocycles. The van der Waals surface area contributed by atoms with E-state index in [-0.39, 0.29) is 6.61 Å². The number of alkyl carbamates (subject to hydrolysis) is 1. The van der Waals surface area contributed by atoms with E-state index in [4.69, 9.17) is 4.74 Å². The molecular weight excluding hydrogens is 340 g/mol. The number of amides is 1. The molecular formula is C14H20N2O7S. The van der Waals surface area contributed by atoms with Crippen molar-refractivity contribution in [1.82, 2.24) is 9.79 Å². The normalized spacial score (nSPS) is 12.5. The molecule has 1 N–H and O–H groups in total. The summed E-state index contributed by atoms with van der Waals surface area (Å²) in [5, 5.41) is 2.18. The van der Waals surface area contributed by atoms with Gasteiger partial charge in [-0.2, -0.15) is 0 Å². The molecule has 24 heavy (non-hydrogen) atoms. The first-order valence-corrected chi connectivity index (χ1v) is 8.47. The van der Waals surface area contributed by atoms with Crippen LogP contribution in [0.2, 0.25) is 0 Å². The third kappa shape index (κ3) is 6.14. The Morgan fingerprint density at radius 1 is 1.21 bits per heavy atom. The van der Waals surface area contributed by atoms with Crippen molar-refractivity contribution in [3.8, 4) is 0 Å². The number of carbonyl (C=O) groups is 2. The molecule has 0 aliphatic rings. The molecule has 0 unspecified atom stereocenters. The minimum absolute atomic E-state index is 0.0225. The molecule has 0 bridgehead atoms. The van der Waals surface area contributed by atoms with Crippen molar-refractivity contribution in [2.75, 3.05) is 27.0 Å². The summed E-state index contributed by atoms with van der Waals surface area (Å²) < 4.78 is 34.0. The second kappa shape index (κ2) is 9.21. The van der Waals surface area contributed by atoms with Gasteiger partial charge in [0.2, 0.25) is 10.0 Å². The summed E-state index contributed by atoms with van der Waals surface area (Å²) in [6.07, 6.45) is -0.940. The van der Waals surface area contributed by atoms with Crippen molar-refractivity contribution < 1.29 is 32.3 Å². The molecule has 0 heterocycles. The lowest BCUT2D eigenvalue weighted by Gasteiger charge is -2.19. The fraction of sp³-hybridized carbons (Fsp3) is 0.429. The molecule has 0 aliphatic heterocycles. The van der Waals surface area contributed by atoms with Crippen molar-refractivity contribution >= 4 is 22.1 Å². The maximum absolute atomic E-state index is 12.0. The van der Waals surface area contributed by atoms with Crippen molar-refractivity contribution in [1.29, 1.82) is 0 Å². The molecule has 1 aromatic carbocycles. The van der Waals surface area contributed by atoms with Gasteiger partial charge in [0, 0.05) is 7.05 Å². The van der Waals surface area contributed by atoms with Gasteiger partial charge in [0.15, 0.2) is 0 Å². The number of esters is 1. The average Bonchev–Trinajstić information content (AvgIpc) is 2.58. The van der Waals surface area contributed by atoms with E-state index in [0.717, 1.165) is 26.8 Å². The number of benzene rings is 1. The highest BCUT2D eigenvalue weighted by molar-refractivity contribution is 7.89. The van der Waals surface area contributed by atoms with Gasteiger partial charge in [-0.05, 0) is 5.56 Å². The van der Waals surface area contributed by atoms with E-state index in [9.17, 15) is 18.0 Å². The van der Waals surface area contributed by atoms with Crippen LogP contribution in [0.15, 0.2) is 30.3 Å². The average molecular weight is 360 g/mol. The Hall–Kier alpha value is -2.17. The van der Waals surface area contributed by atoms with Gasteiger partial charge in [-0.1, -0.05) is 34.8 Å². The van der Waals surface area contributed by atoms with Gasteiger partial charge < -0.3 is 14.8 Å². The van der Waals surface area contributed by atoms with E-state index >= 15 is 0 Å². The topological polar surface area (TPSA) is 111 Å². The fourth-order valence-corrected chi connectivity index (χ4v) is 2.72. The highest BCUT2D eigenvalue weighted by atomic mass is 32.2. The quantitative estimate of drug-likeness (QED) is 0.523. The lowest BCUT2D eigenvalue weighted by Crippen LogP contribution is -2.48. The standard InChI is InChI=1S/C14H20N2O7S/c1-16(22-3)24(19,20)10-12(13(17)21-2)15-14(18)23-9-11-7-5-4-6-8-11/h4-8,12H,9-10H2,1-3H3,(H,15,18)/t12-/m0/s1. The van der Waals surface area contributed by atoms with Crippen LogP contribution in [0.3, 0.4) is 0 Å². The zero-order chi connectivity index (χ0) is 18.2. The second-order valence-corrected chi connectivity index (χ2v) is 6.66. The summed E-state index contributed by atoms with van der Waals surface area (Å²) >= 11 is 0. The summed E-state index contributed by atoms with van der Waals surface area (Å²) in [5.74, 6) is -1.65. The van der Waals surface area contributed by atoms with Crippen LogP contribution in [0.4, 0.5) is 4.79 Å². The van der Waals surface area contributed by atoms with Gasteiger partial charge in [0.1, 0.15) is 12.6 Å². The molecule has 0 fully saturated rings. The maximum atomic E-state index is 12.0. The highest BCUT2D eigenvalue weighted by Crippen LogP contribution is 2.04. The molecule has 1 rings (SSSR count). The zero-order valence-electron chi connectivity index (χ0n) is 13.6. The van der Waals surface area contributed by atoms with E-state index in [2.05, 4.69) is 14.9 Å². The molecule has 0 radical (unpaired) electrons. The first-order valence-electron chi connectivity index (χ1n) is 6.86. The van der Waals surface area contributed by atoms with Crippen molar-refractivity contribution in [2.45, 2.75) is 12.6 Å². The summed E-state index contributed by atoms with van der Waals surface area (Å²) in [6, 6.07) is 7.45. The third-order valence-electron chi connectivity index (χ3n) is 3.02. The molecule has 9 nitrogen and oxygen atoms in total. The minimum atomic E-state index is -3.94. The van der Waals surface area contributed by atoms with Gasteiger partial charge in [-0.15, -0.1) is 0 Å². The number of hydrogen-bond acceptors (Lipinski definition) is 7. The van der Waals surface area contributed by atoms with Gasteiger partial charge in [0.25, 0.3) is 0 Å². The number of methoxy groups -OCH3 is 1. The molecule has 10 heteroatoms. The molecule has 134 valence electrons. The lowest BCUT2D eigenvalue weighted by atomic mass is 10.2. The van der Waals surface area contributed by atoms with E-state index in [1.54, 1.807) is 24.3 Å². The number of nitrogens with zero attached hydrogens (tertiary/aromatic N) is 1. The summed E-state index contributed by atoms with van der Waals surface area (Å²) in [6.45, 7) is -0.0225. The van der Waals surface area contributed by atoms with Gasteiger partial charge in [-0.3, -0.25) is 4.84 Å². The van der Waals surface area contributed by atoms with Gasteiger partial charge in [0.05, 0.1) is 20.0 Å². The summed E-state index contributed by atoms with van der Waals surface area (Å²) in [4.78, 5) is 28.1. The smallest absolute Gasteiger partial charge is 0.408 e. The molecule has 1 amide bonds. The first kappa shape index (κ1) is 19.9. The minimum Gasteiger partial charge on any atom is -0.467 e. The van der Waals surface area contributed by atoms with Crippen LogP contribution in [-0.4, -0.2) is 58.0 Å². The highest BCUT2D eigenvalue weighted by Gasteiger charge is 2.31. The van der Waals surface area contributed by atoms with Gasteiger partial charge in [-0.25, -0.2) is 18.0 Å². The van der Waals surface area contributed by atoms with Crippen molar-refractivity contribution in [3.63, 3.8) is 0 Å². The van der Waals surface area contributed by atoms with Crippen LogP contribution in [0, 0.1) is 0 Å². The lowest BCUT2D eigenvalue weighted by molar-refractivity contribution is -0.142. The Bertz CT molecular complexity index is 648. The Labute approximate surface area is 140 Å². The van der Waals surface area contributed by atoms with Crippen LogP contribution < -0.4 is 5.32 Å². The molecule has 1 aromatic rings. The SMILES string of the molecule is COC(=O)[C@H](CS(=O)(=O)N(C)OC)NC(=O)OCc1ccccc1. The van der Waals surface area contributed by atoms with Crippen molar-refractivity contribution in [2.24, 2.45) is 0 Å². The van der Waals surface area contributed by atoms with Gasteiger partial charge >= 0.3 is 12.1 Å². The van der Waals surface area contributed by atoms with E-state index in [1.165, 1.54) is 0 Å². The molecule has 1 atom stereocenters. The largest absolute Gasteiger partial charge is 0.467 e. The number of carbonyl (C=O) groups excluding carboxylic acids is 2. The fourth-order valence-electron chi connectivity index (χ4n) is 1.65. The Morgan fingerprint density at radius 3 is 2.38 bits per heavy atom. The number of nitrogens with one attached hydrogen (secondary N) is 1. The van der Waals surface area contributed by atoms with E-state index in [0.29, 0.717) is 4.47 Å². The van der Waals surface area contributed by atoms with Crippen molar-refractivity contribution in [3.05, 3.63) is 35.9 Å². The Balaban J connectivity index is 2.69. The Kier molecular flexibility index (Phi) is 7.62. The van der Waals surface area contributed by atoms with E-state index in [1.807, 2.05) is 6.07 Å². The summed E-state index contributed by atoms with van der Waals surface area (Å²) in [5.41, 5.74) is 0.744. The van der Waals surface area contributed by atoms with Crippen LogP contribution in [0.5, 0.6) is 0 Å². The number of hydroxylamine groups is 1.